The van der Waals surface area contributed by atoms with Crippen LogP contribution in [0.5, 0.6) is 0 Å². The monoisotopic (exact) mass is 295 g/mol. The highest BCUT2D eigenvalue weighted by Gasteiger charge is 2.04. The first kappa shape index (κ1) is 12.0. The second-order valence-corrected chi connectivity index (χ2v) is 4.57. The molecule has 0 atom stereocenters. The van der Waals surface area contributed by atoms with E-state index in [2.05, 4.69) is 31.2 Å². The lowest BCUT2D eigenvalue weighted by Gasteiger charge is -2.09. The molecule has 1 N–H and O–H groups in total. The van der Waals surface area contributed by atoms with Crippen LogP contribution in [0.4, 0.5) is 15.9 Å². The van der Waals surface area contributed by atoms with Crippen molar-refractivity contribution in [3.05, 3.63) is 46.1 Å². The fourth-order valence-electron chi connectivity index (χ4n) is 1.57. The third-order valence-electron chi connectivity index (χ3n) is 2.34. The van der Waals surface area contributed by atoms with Gasteiger partial charge in [-0.1, -0.05) is 15.9 Å². The molecule has 0 bridgehead atoms. The maximum absolute atomic E-state index is 12.9. The molecular weight excluding hydrogens is 285 g/mol. The number of halogens is 2. The molecule has 0 aliphatic carbocycles. The molecule has 2 rings (SSSR count). The van der Waals surface area contributed by atoms with Crippen LogP contribution in [0.1, 0.15) is 11.1 Å². The Labute approximate surface area is 107 Å². The second kappa shape index (κ2) is 4.79. The molecule has 0 saturated carbocycles. The van der Waals surface area contributed by atoms with Gasteiger partial charge in [0.05, 0.1) is 0 Å². The minimum atomic E-state index is -0.548. The molecule has 0 unspecified atom stereocenters. The highest BCUT2D eigenvalue weighted by atomic mass is 79.9. The smallest absolute Gasteiger partial charge is 0.218 e. The molecule has 1 aromatic carbocycles. The minimum absolute atomic E-state index is 0.443. The number of aryl methyl sites for hydroxylation is 2. The van der Waals surface area contributed by atoms with Crippen LogP contribution in [-0.4, -0.2) is 9.97 Å². The Morgan fingerprint density at radius 1 is 1.12 bits per heavy atom. The first-order valence-electron chi connectivity index (χ1n) is 5.07. The average Bonchev–Trinajstić information content (AvgIpc) is 2.26. The van der Waals surface area contributed by atoms with Gasteiger partial charge in [-0.3, -0.25) is 0 Å². The molecule has 17 heavy (non-hydrogen) atoms. The maximum Gasteiger partial charge on any atom is 0.218 e. The maximum atomic E-state index is 12.9. The lowest BCUT2D eigenvalue weighted by Crippen LogP contribution is -1.97. The SMILES string of the molecule is Cc1cc(Nc2cc(F)ncn2)cc(C)c1Br. The third kappa shape index (κ3) is 2.79. The van der Waals surface area contributed by atoms with Crippen molar-refractivity contribution < 1.29 is 4.39 Å². The van der Waals surface area contributed by atoms with Crippen LogP contribution in [0.2, 0.25) is 0 Å². The van der Waals surface area contributed by atoms with E-state index in [1.807, 2.05) is 26.0 Å². The van der Waals surface area contributed by atoms with Crippen molar-refractivity contribution in [2.75, 3.05) is 5.32 Å². The molecule has 5 heteroatoms. The van der Waals surface area contributed by atoms with Crippen molar-refractivity contribution in [2.24, 2.45) is 0 Å². The van der Waals surface area contributed by atoms with Crippen molar-refractivity contribution >= 4 is 27.4 Å². The fourth-order valence-corrected chi connectivity index (χ4v) is 1.80. The minimum Gasteiger partial charge on any atom is -0.340 e. The van der Waals surface area contributed by atoms with Crippen LogP contribution >= 0.6 is 15.9 Å². The number of aromatic nitrogens is 2. The molecule has 1 heterocycles. The molecule has 0 amide bonds. The number of hydrogen-bond acceptors (Lipinski definition) is 3. The predicted octanol–water partition coefficient (Wildman–Crippen LogP) is 3.74. The van der Waals surface area contributed by atoms with E-state index in [9.17, 15) is 4.39 Å². The summed E-state index contributed by atoms with van der Waals surface area (Å²) in [7, 11) is 0. The Morgan fingerprint density at radius 2 is 1.76 bits per heavy atom. The number of anilines is 2. The zero-order chi connectivity index (χ0) is 12.4. The van der Waals surface area contributed by atoms with E-state index in [-0.39, 0.29) is 0 Å². The summed E-state index contributed by atoms with van der Waals surface area (Å²) >= 11 is 3.50. The summed E-state index contributed by atoms with van der Waals surface area (Å²) in [5.74, 6) is -0.105. The molecular formula is C12H11BrFN3. The Kier molecular flexibility index (Phi) is 3.38. The summed E-state index contributed by atoms with van der Waals surface area (Å²) in [6.45, 7) is 4.01. The zero-order valence-corrected chi connectivity index (χ0v) is 11.0. The first-order chi connectivity index (χ1) is 8.06. The summed E-state index contributed by atoms with van der Waals surface area (Å²) < 4.78 is 14.0. The van der Waals surface area contributed by atoms with Crippen LogP contribution in [0.25, 0.3) is 0 Å². The molecule has 88 valence electrons. The summed E-state index contributed by atoms with van der Waals surface area (Å²) in [4.78, 5) is 7.35. The Balaban J connectivity index is 2.31. The van der Waals surface area contributed by atoms with Gasteiger partial charge in [-0.25, -0.2) is 9.97 Å². The molecule has 0 fully saturated rings. The van der Waals surface area contributed by atoms with E-state index < -0.39 is 5.95 Å². The molecule has 0 aliphatic rings. The fraction of sp³-hybridized carbons (Fsp3) is 0.167. The van der Waals surface area contributed by atoms with E-state index in [0.29, 0.717) is 5.82 Å². The molecule has 1 aromatic heterocycles. The van der Waals surface area contributed by atoms with E-state index in [4.69, 9.17) is 0 Å². The van der Waals surface area contributed by atoms with Gasteiger partial charge in [0.1, 0.15) is 12.1 Å². The summed E-state index contributed by atoms with van der Waals surface area (Å²) in [6.07, 6.45) is 1.19. The predicted molar refractivity (Wildman–Crippen MR) is 68.9 cm³/mol. The average molecular weight is 296 g/mol. The molecule has 0 spiro atoms. The number of benzene rings is 1. The summed E-state index contributed by atoms with van der Waals surface area (Å²) in [5.41, 5.74) is 3.10. The van der Waals surface area contributed by atoms with Crippen molar-refractivity contribution in [1.29, 1.82) is 0 Å². The van der Waals surface area contributed by atoms with Crippen LogP contribution in [0.15, 0.2) is 29.0 Å². The van der Waals surface area contributed by atoms with Crippen molar-refractivity contribution in [2.45, 2.75) is 13.8 Å². The van der Waals surface area contributed by atoms with E-state index in [0.717, 1.165) is 21.3 Å². The lowest BCUT2D eigenvalue weighted by atomic mass is 10.1. The Morgan fingerprint density at radius 3 is 2.35 bits per heavy atom. The third-order valence-corrected chi connectivity index (χ3v) is 3.59. The van der Waals surface area contributed by atoms with Crippen LogP contribution in [-0.2, 0) is 0 Å². The Bertz CT molecular complexity index is 534. The molecule has 0 radical (unpaired) electrons. The van der Waals surface area contributed by atoms with Crippen molar-refractivity contribution in [3.63, 3.8) is 0 Å². The standard InChI is InChI=1S/C12H11BrFN3/c1-7-3-9(4-8(2)12(7)13)17-11-5-10(14)15-6-16-11/h3-6H,1-2H3,(H,15,16,17). The van der Waals surface area contributed by atoms with Gasteiger partial charge < -0.3 is 5.32 Å². The van der Waals surface area contributed by atoms with Gasteiger partial charge in [0, 0.05) is 16.2 Å². The molecule has 0 aliphatic heterocycles. The second-order valence-electron chi connectivity index (χ2n) is 3.77. The van der Waals surface area contributed by atoms with Crippen LogP contribution < -0.4 is 5.32 Å². The van der Waals surface area contributed by atoms with E-state index >= 15 is 0 Å². The number of hydrogen-bond donors (Lipinski definition) is 1. The van der Waals surface area contributed by atoms with Gasteiger partial charge in [0.25, 0.3) is 0 Å². The van der Waals surface area contributed by atoms with Gasteiger partial charge in [0.15, 0.2) is 0 Å². The summed E-state index contributed by atoms with van der Waals surface area (Å²) in [5, 5.41) is 3.04. The highest BCUT2D eigenvalue weighted by molar-refractivity contribution is 9.10. The molecule has 3 nitrogen and oxygen atoms in total. The topological polar surface area (TPSA) is 37.8 Å². The highest BCUT2D eigenvalue weighted by Crippen LogP contribution is 2.26. The summed E-state index contributed by atoms with van der Waals surface area (Å²) in [6, 6.07) is 5.20. The van der Waals surface area contributed by atoms with Gasteiger partial charge in [-0.15, -0.1) is 0 Å². The zero-order valence-electron chi connectivity index (χ0n) is 9.46. The van der Waals surface area contributed by atoms with Gasteiger partial charge >= 0.3 is 0 Å². The largest absolute Gasteiger partial charge is 0.340 e. The van der Waals surface area contributed by atoms with Crippen molar-refractivity contribution in [3.8, 4) is 0 Å². The number of nitrogens with one attached hydrogen (secondary N) is 1. The van der Waals surface area contributed by atoms with E-state index in [1.54, 1.807) is 0 Å². The quantitative estimate of drug-likeness (QED) is 0.858. The molecule has 0 saturated heterocycles. The number of nitrogens with zero attached hydrogens (tertiary/aromatic N) is 2. The Hall–Kier alpha value is -1.49. The van der Waals surface area contributed by atoms with Crippen LogP contribution in [0.3, 0.4) is 0 Å². The number of rotatable bonds is 2. The lowest BCUT2D eigenvalue weighted by molar-refractivity contribution is 0.580. The van der Waals surface area contributed by atoms with Gasteiger partial charge in [0.2, 0.25) is 5.95 Å². The van der Waals surface area contributed by atoms with Crippen LogP contribution in [0, 0.1) is 19.8 Å². The van der Waals surface area contributed by atoms with Gasteiger partial charge in [-0.2, -0.15) is 4.39 Å². The van der Waals surface area contributed by atoms with Crippen molar-refractivity contribution in [1.82, 2.24) is 9.97 Å². The first-order valence-corrected chi connectivity index (χ1v) is 5.87. The normalized spacial score (nSPS) is 10.4. The molecule has 2 aromatic rings. The van der Waals surface area contributed by atoms with Gasteiger partial charge in [-0.05, 0) is 37.1 Å². The van der Waals surface area contributed by atoms with E-state index in [1.165, 1.54) is 12.4 Å².